The largest absolute Gasteiger partial charge is 0.497 e. The highest BCUT2D eigenvalue weighted by atomic mass is 16.6. The number of hydrogen-bond donors (Lipinski definition) is 4. The lowest BCUT2D eigenvalue weighted by molar-refractivity contribution is -0.127. The summed E-state index contributed by atoms with van der Waals surface area (Å²) < 4.78 is 10.7. The van der Waals surface area contributed by atoms with Crippen molar-refractivity contribution < 1.29 is 23.9 Å². The zero-order valence-corrected chi connectivity index (χ0v) is 23.6. The van der Waals surface area contributed by atoms with Crippen molar-refractivity contribution in [2.45, 2.75) is 78.5 Å². The molecule has 4 N–H and O–H groups in total. The molecule has 2 rings (SSSR count). The van der Waals surface area contributed by atoms with Gasteiger partial charge in [-0.2, -0.15) is 0 Å². The second-order valence-corrected chi connectivity index (χ2v) is 10.8. The molecule has 2 atom stereocenters. The molecule has 38 heavy (non-hydrogen) atoms. The number of hydrogen-bond acceptors (Lipinski definition) is 7. The molecule has 0 spiro atoms. The average Bonchev–Trinajstić information content (AvgIpc) is 2.83. The number of anilines is 1. The summed E-state index contributed by atoms with van der Waals surface area (Å²) in [4.78, 5) is 41.5. The van der Waals surface area contributed by atoms with Crippen LogP contribution in [-0.4, -0.2) is 60.8 Å². The van der Waals surface area contributed by atoms with Gasteiger partial charge in [0.05, 0.1) is 24.9 Å². The molecule has 10 heteroatoms. The van der Waals surface area contributed by atoms with E-state index in [0.717, 1.165) is 35.2 Å². The minimum Gasteiger partial charge on any atom is -0.497 e. The van der Waals surface area contributed by atoms with E-state index in [1.54, 1.807) is 34.1 Å². The van der Waals surface area contributed by atoms with Gasteiger partial charge in [0, 0.05) is 30.2 Å². The van der Waals surface area contributed by atoms with Crippen LogP contribution in [0.3, 0.4) is 0 Å². The molecule has 10 nitrogen and oxygen atoms in total. The van der Waals surface area contributed by atoms with Gasteiger partial charge in [-0.05, 0) is 65.0 Å². The number of nitrogens with zero attached hydrogens (tertiary/aromatic N) is 1. The zero-order chi connectivity index (χ0) is 28.3. The van der Waals surface area contributed by atoms with E-state index < -0.39 is 23.6 Å². The number of benzene rings is 1. The van der Waals surface area contributed by atoms with Crippen LogP contribution < -0.4 is 26.0 Å². The molecule has 1 unspecified atom stereocenters. The lowest BCUT2D eigenvalue weighted by atomic mass is 10.0. The van der Waals surface area contributed by atoms with Crippen molar-refractivity contribution in [3.8, 4) is 5.75 Å². The van der Waals surface area contributed by atoms with Crippen molar-refractivity contribution in [2.75, 3.05) is 25.5 Å². The lowest BCUT2D eigenvalue weighted by Gasteiger charge is -2.24. The number of pyridine rings is 1. The Morgan fingerprint density at radius 3 is 2.47 bits per heavy atom. The van der Waals surface area contributed by atoms with Crippen LogP contribution in [0, 0.1) is 5.92 Å². The molecular weight excluding hydrogens is 486 g/mol. The maximum atomic E-state index is 12.6. The van der Waals surface area contributed by atoms with E-state index in [1.165, 1.54) is 0 Å². The van der Waals surface area contributed by atoms with Gasteiger partial charge in [-0.3, -0.25) is 14.6 Å². The number of carbonyl (C=O) groups is 3. The van der Waals surface area contributed by atoms with Gasteiger partial charge >= 0.3 is 6.09 Å². The van der Waals surface area contributed by atoms with E-state index in [4.69, 9.17) is 9.47 Å². The fraction of sp³-hybridized carbons (Fsp3) is 0.571. The van der Waals surface area contributed by atoms with Gasteiger partial charge < -0.3 is 30.7 Å². The van der Waals surface area contributed by atoms with Crippen molar-refractivity contribution in [3.05, 3.63) is 30.5 Å². The summed E-state index contributed by atoms with van der Waals surface area (Å²) in [5.74, 6) is 0.210. The van der Waals surface area contributed by atoms with Crippen LogP contribution in [0.5, 0.6) is 5.75 Å². The number of amides is 3. The van der Waals surface area contributed by atoms with Crippen LogP contribution in [0.2, 0.25) is 0 Å². The fourth-order valence-corrected chi connectivity index (χ4v) is 3.87. The maximum Gasteiger partial charge on any atom is 0.408 e. The van der Waals surface area contributed by atoms with Gasteiger partial charge in [0.2, 0.25) is 11.8 Å². The Balaban J connectivity index is 1.76. The maximum absolute atomic E-state index is 12.6. The summed E-state index contributed by atoms with van der Waals surface area (Å²) in [5.41, 5.74) is 1.10. The van der Waals surface area contributed by atoms with E-state index in [9.17, 15) is 14.4 Å². The minimum absolute atomic E-state index is 0.139. The predicted molar refractivity (Wildman–Crippen MR) is 149 cm³/mol. The van der Waals surface area contributed by atoms with Gasteiger partial charge in [0.25, 0.3) is 0 Å². The average molecular weight is 530 g/mol. The number of methoxy groups -OCH3 is 1. The predicted octanol–water partition coefficient (Wildman–Crippen LogP) is 4.00. The first-order valence-corrected chi connectivity index (χ1v) is 13.1. The normalized spacial score (nSPS) is 12.9. The number of aromatic nitrogens is 1. The molecule has 2 aromatic rings. The molecule has 0 saturated carbocycles. The van der Waals surface area contributed by atoms with Gasteiger partial charge in [-0.25, -0.2) is 4.79 Å². The Hall–Kier alpha value is -3.56. The summed E-state index contributed by atoms with van der Waals surface area (Å²) in [6.07, 6.45) is 3.09. The second kappa shape index (κ2) is 14.4. The summed E-state index contributed by atoms with van der Waals surface area (Å²) >= 11 is 0. The third kappa shape index (κ3) is 10.8. The molecular formula is C28H43N5O5. The van der Waals surface area contributed by atoms with Crippen LogP contribution in [0.4, 0.5) is 10.5 Å². The van der Waals surface area contributed by atoms with E-state index in [0.29, 0.717) is 13.0 Å². The first-order valence-electron chi connectivity index (χ1n) is 13.1. The number of fused-ring (bicyclic) bond motifs is 1. The van der Waals surface area contributed by atoms with E-state index in [2.05, 4.69) is 33.2 Å². The van der Waals surface area contributed by atoms with Crippen LogP contribution in [0.1, 0.15) is 60.8 Å². The highest BCUT2D eigenvalue weighted by molar-refractivity contribution is 5.92. The van der Waals surface area contributed by atoms with Gasteiger partial charge in [0.15, 0.2) is 0 Å². The summed E-state index contributed by atoms with van der Waals surface area (Å²) in [7, 11) is 1.64. The van der Waals surface area contributed by atoms with Crippen molar-refractivity contribution in [1.82, 2.24) is 20.9 Å². The fourth-order valence-electron chi connectivity index (χ4n) is 3.87. The van der Waals surface area contributed by atoms with Gasteiger partial charge in [-0.15, -0.1) is 0 Å². The molecule has 0 fully saturated rings. The highest BCUT2D eigenvalue weighted by Gasteiger charge is 2.25. The monoisotopic (exact) mass is 529 g/mol. The summed E-state index contributed by atoms with van der Waals surface area (Å²) in [6.45, 7) is 11.5. The third-order valence-electron chi connectivity index (χ3n) is 5.59. The molecule has 0 aliphatic heterocycles. The van der Waals surface area contributed by atoms with Crippen molar-refractivity contribution in [1.29, 1.82) is 0 Å². The number of ether oxygens (including phenoxy) is 2. The number of nitrogens with one attached hydrogen (secondary N) is 4. The Morgan fingerprint density at radius 1 is 1.08 bits per heavy atom. The number of rotatable bonds is 13. The van der Waals surface area contributed by atoms with Crippen LogP contribution >= 0.6 is 0 Å². The quantitative estimate of drug-likeness (QED) is 0.289. The molecule has 1 heterocycles. The standard InChI is InChI=1S/C28H43N5O5/c1-18(2)14-23(33-27(36)38-28(4,5)6)26(35)31-17-24(34)29-12-8-10-19(3)32-22-16-21(37-7)15-20-11-9-13-30-25(20)22/h9,11,13,15-16,18-19,23,32H,8,10,12,14,17H2,1-7H3,(H,29,34)(H,31,35)(H,33,36)/t19?,23-/m0/s1. The highest BCUT2D eigenvalue weighted by Crippen LogP contribution is 2.28. The number of carbonyl (C=O) groups excluding carboxylic acids is 3. The van der Waals surface area contributed by atoms with Crippen molar-refractivity contribution in [2.24, 2.45) is 5.92 Å². The Labute approximate surface area is 225 Å². The van der Waals surface area contributed by atoms with Gasteiger partial charge in [0.1, 0.15) is 17.4 Å². The smallest absolute Gasteiger partial charge is 0.408 e. The summed E-state index contributed by atoms with van der Waals surface area (Å²) in [5, 5.41) is 12.5. The first-order chi connectivity index (χ1) is 17.9. The summed E-state index contributed by atoms with van der Waals surface area (Å²) in [6, 6.07) is 7.12. The minimum atomic E-state index is -0.785. The van der Waals surface area contributed by atoms with Crippen LogP contribution in [0.15, 0.2) is 30.5 Å². The van der Waals surface area contributed by atoms with Crippen LogP contribution in [0.25, 0.3) is 10.9 Å². The lowest BCUT2D eigenvalue weighted by Crippen LogP contribution is -2.50. The molecule has 0 aliphatic carbocycles. The Bertz CT molecular complexity index is 1080. The molecule has 0 aliphatic rings. The third-order valence-corrected chi connectivity index (χ3v) is 5.59. The molecule has 210 valence electrons. The topological polar surface area (TPSA) is 131 Å². The molecule has 0 radical (unpaired) electrons. The molecule has 1 aromatic carbocycles. The van der Waals surface area contributed by atoms with Gasteiger partial charge in [-0.1, -0.05) is 19.9 Å². The molecule has 0 bridgehead atoms. The molecule has 1 aromatic heterocycles. The van der Waals surface area contributed by atoms with E-state index in [-0.39, 0.29) is 24.4 Å². The Kier molecular flexibility index (Phi) is 11.6. The molecule has 3 amide bonds. The van der Waals surface area contributed by atoms with E-state index >= 15 is 0 Å². The second-order valence-electron chi connectivity index (χ2n) is 10.8. The van der Waals surface area contributed by atoms with Crippen molar-refractivity contribution in [3.63, 3.8) is 0 Å². The Morgan fingerprint density at radius 2 is 1.82 bits per heavy atom. The van der Waals surface area contributed by atoms with Crippen molar-refractivity contribution >= 4 is 34.5 Å². The first kappa shape index (κ1) is 30.7. The van der Waals surface area contributed by atoms with Crippen LogP contribution in [-0.2, 0) is 14.3 Å². The zero-order valence-electron chi connectivity index (χ0n) is 23.6. The SMILES string of the molecule is COc1cc(NC(C)CCCNC(=O)CNC(=O)[C@H](CC(C)C)NC(=O)OC(C)(C)C)c2ncccc2c1. The molecule has 0 saturated heterocycles. The number of alkyl carbamates (subject to hydrolysis) is 1. The van der Waals surface area contributed by atoms with E-state index in [1.807, 2.05) is 38.1 Å².